The number of hydrogen-bond donors (Lipinski definition) is 0. The third-order valence-electron chi connectivity index (χ3n) is 4.42. The van der Waals surface area contributed by atoms with E-state index in [0.29, 0.717) is 18.4 Å². The summed E-state index contributed by atoms with van der Waals surface area (Å²) < 4.78 is 25.0. The molecule has 2 rings (SSSR count). The zero-order valence-corrected chi connectivity index (χ0v) is 13.2. The number of benzene rings is 1. The van der Waals surface area contributed by atoms with E-state index in [1.807, 2.05) is 19.9 Å². The SMILES string of the molecule is Cc1ccc(C(=O)C(C)S(=O)(=O)C2CCCC2)cc1C. The average Bonchev–Trinajstić information content (AvgIpc) is 2.95. The summed E-state index contributed by atoms with van der Waals surface area (Å²) >= 11 is 0. The standard InChI is InChI=1S/C16H22O3S/c1-11-8-9-14(10-12(11)2)16(17)13(3)20(18,19)15-6-4-5-7-15/h8-10,13,15H,4-7H2,1-3H3. The van der Waals surface area contributed by atoms with Gasteiger partial charge in [0.2, 0.25) is 0 Å². The monoisotopic (exact) mass is 294 g/mol. The molecule has 1 unspecified atom stereocenters. The van der Waals surface area contributed by atoms with Gasteiger partial charge in [0.1, 0.15) is 5.25 Å². The Labute approximate surface area is 121 Å². The zero-order chi connectivity index (χ0) is 14.9. The van der Waals surface area contributed by atoms with E-state index in [4.69, 9.17) is 0 Å². The summed E-state index contributed by atoms with van der Waals surface area (Å²) in [4.78, 5) is 12.4. The molecule has 0 amide bonds. The molecule has 0 spiro atoms. The molecule has 1 aromatic rings. The maximum atomic E-state index is 12.5. The van der Waals surface area contributed by atoms with E-state index in [2.05, 4.69) is 0 Å². The van der Waals surface area contributed by atoms with Crippen LogP contribution in [0, 0.1) is 13.8 Å². The van der Waals surface area contributed by atoms with Gasteiger partial charge < -0.3 is 0 Å². The Hall–Kier alpha value is -1.16. The lowest BCUT2D eigenvalue weighted by atomic mass is 10.0. The fourth-order valence-electron chi connectivity index (χ4n) is 2.78. The summed E-state index contributed by atoms with van der Waals surface area (Å²) in [7, 11) is -3.36. The van der Waals surface area contributed by atoms with Gasteiger partial charge >= 0.3 is 0 Å². The van der Waals surface area contributed by atoms with Gasteiger partial charge in [0.05, 0.1) is 5.25 Å². The van der Waals surface area contributed by atoms with Crippen LogP contribution < -0.4 is 0 Å². The van der Waals surface area contributed by atoms with Crippen LogP contribution in [-0.4, -0.2) is 24.7 Å². The van der Waals surface area contributed by atoms with Crippen LogP contribution in [0.25, 0.3) is 0 Å². The summed E-state index contributed by atoms with van der Waals surface area (Å²) in [6.07, 6.45) is 3.31. The summed E-state index contributed by atoms with van der Waals surface area (Å²) in [6, 6.07) is 5.39. The normalized spacial score (nSPS) is 18.1. The lowest BCUT2D eigenvalue weighted by Crippen LogP contribution is -2.34. The lowest BCUT2D eigenvalue weighted by Gasteiger charge is -2.17. The number of carbonyl (C=O) groups excluding carboxylic acids is 1. The molecule has 1 fully saturated rings. The minimum atomic E-state index is -3.36. The van der Waals surface area contributed by atoms with Gasteiger partial charge in [-0.25, -0.2) is 8.42 Å². The minimum Gasteiger partial charge on any atom is -0.293 e. The highest BCUT2D eigenvalue weighted by Gasteiger charge is 2.37. The molecule has 3 nitrogen and oxygen atoms in total. The predicted octanol–water partition coefficient (Wildman–Crippen LogP) is 3.23. The fourth-order valence-corrected chi connectivity index (χ4v) is 4.79. The van der Waals surface area contributed by atoms with Crippen LogP contribution in [0.4, 0.5) is 0 Å². The first-order valence-corrected chi connectivity index (χ1v) is 8.79. The Bertz CT molecular complexity index is 611. The van der Waals surface area contributed by atoms with E-state index >= 15 is 0 Å². The Morgan fingerprint density at radius 1 is 1.15 bits per heavy atom. The number of ketones is 1. The second-order valence-electron chi connectivity index (χ2n) is 5.80. The predicted molar refractivity (Wildman–Crippen MR) is 80.9 cm³/mol. The number of hydrogen-bond acceptors (Lipinski definition) is 3. The van der Waals surface area contributed by atoms with Crippen molar-refractivity contribution in [3.63, 3.8) is 0 Å². The molecule has 1 aliphatic rings. The lowest BCUT2D eigenvalue weighted by molar-refractivity contribution is 0.0991. The minimum absolute atomic E-state index is 0.278. The third kappa shape index (κ3) is 2.80. The van der Waals surface area contributed by atoms with Crippen LogP contribution in [-0.2, 0) is 9.84 Å². The molecule has 1 saturated carbocycles. The first-order valence-electron chi connectivity index (χ1n) is 7.18. The Morgan fingerprint density at radius 2 is 1.75 bits per heavy atom. The van der Waals surface area contributed by atoms with Crippen molar-refractivity contribution < 1.29 is 13.2 Å². The van der Waals surface area contributed by atoms with Crippen molar-refractivity contribution in [2.45, 2.75) is 57.0 Å². The molecule has 0 aromatic heterocycles. The van der Waals surface area contributed by atoms with Crippen molar-refractivity contribution in [1.29, 1.82) is 0 Å². The van der Waals surface area contributed by atoms with Gasteiger partial charge in [-0.1, -0.05) is 25.0 Å². The van der Waals surface area contributed by atoms with Crippen LogP contribution in [0.5, 0.6) is 0 Å². The van der Waals surface area contributed by atoms with E-state index in [1.165, 1.54) is 6.92 Å². The molecule has 0 N–H and O–H groups in total. The van der Waals surface area contributed by atoms with E-state index in [-0.39, 0.29) is 11.0 Å². The summed E-state index contributed by atoms with van der Waals surface area (Å²) in [5.41, 5.74) is 2.62. The quantitative estimate of drug-likeness (QED) is 0.801. The van der Waals surface area contributed by atoms with Gasteiger partial charge in [0.15, 0.2) is 15.6 Å². The molecule has 1 aliphatic carbocycles. The van der Waals surface area contributed by atoms with Gasteiger partial charge in [0, 0.05) is 5.56 Å². The van der Waals surface area contributed by atoms with Gasteiger partial charge in [-0.2, -0.15) is 0 Å². The first-order chi connectivity index (χ1) is 9.34. The summed E-state index contributed by atoms with van der Waals surface area (Å²) in [5.74, 6) is -0.278. The smallest absolute Gasteiger partial charge is 0.180 e. The molecule has 110 valence electrons. The van der Waals surface area contributed by atoms with Crippen LogP contribution in [0.15, 0.2) is 18.2 Å². The molecule has 20 heavy (non-hydrogen) atoms. The molecule has 0 aliphatic heterocycles. The van der Waals surface area contributed by atoms with Crippen molar-refractivity contribution in [2.75, 3.05) is 0 Å². The maximum Gasteiger partial charge on any atom is 0.180 e. The van der Waals surface area contributed by atoms with E-state index in [9.17, 15) is 13.2 Å². The van der Waals surface area contributed by atoms with Gasteiger partial charge in [-0.15, -0.1) is 0 Å². The van der Waals surface area contributed by atoms with Crippen LogP contribution in [0.2, 0.25) is 0 Å². The highest BCUT2D eigenvalue weighted by Crippen LogP contribution is 2.28. The number of aryl methyl sites for hydroxylation is 2. The number of Topliss-reactive ketones (excluding diaryl/α,β-unsaturated/α-hetero) is 1. The number of rotatable bonds is 4. The van der Waals surface area contributed by atoms with Gasteiger partial charge in [-0.05, 0) is 50.8 Å². The van der Waals surface area contributed by atoms with Crippen LogP contribution in [0.3, 0.4) is 0 Å². The van der Waals surface area contributed by atoms with Gasteiger partial charge in [-0.3, -0.25) is 4.79 Å². The number of carbonyl (C=O) groups is 1. The van der Waals surface area contributed by atoms with Crippen molar-refractivity contribution in [2.24, 2.45) is 0 Å². The maximum absolute atomic E-state index is 12.5. The summed E-state index contributed by atoms with van der Waals surface area (Å²) in [6.45, 7) is 5.44. The Balaban J connectivity index is 2.25. The molecule has 1 atom stereocenters. The van der Waals surface area contributed by atoms with Crippen LogP contribution >= 0.6 is 0 Å². The van der Waals surface area contributed by atoms with Crippen molar-refractivity contribution in [3.8, 4) is 0 Å². The second-order valence-corrected chi connectivity index (χ2v) is 8.35. The van der Waals surface area contributed by atoms with Gasteiger partial charge in [0.25, 0.3) is 0 Å². The third-order valence-corrected chi connectivity index (χ3v) is 7.02. The van der Waals surface area contributed by atoms with Crippen LogP contribution in [0.1, 0.15) is 54.1 Å². The van der Waals surface area contributed by atoms with Crippen molar-refractivity contribution >= 4 is 15.6 Å². The average molecular weight is 294 g/mol. The topological polar surface area (TPSA) is 51.2 Å². The molecular formula is C16H22O3S. The molecule has 4 heteroatoms. The fraction of sp³-hybridized carbons (Fsp3) is 0.562. The van der Waals surface area contributed by atoms with E-state index in [0.717, 1.165) is 24.0 Å². The highest BCUT2D eigenvalue weighted by molar-refractivity contribution is 7.93. The molecule has 0 bridgehead atoms. The Kier molecular flexibility index (Phi) is 4.33. The van der Waals surface area contributed by atoms with E-state index < -0.39 is 15.1 Å². The molecule has 0 heterocycles. The second kappa shape index (κ2) is 5.68. The zero-order valence-electron chi connectivity index (χ0n) is 12.3. The first kappa shape index (κ1) is 15.2. The molecule has 1 aromatic carbocycles. The molecular weight excluding hydrogens is 272 g/mol. The largest absolute Gasteiger partial charge is 0.293 e. The molecule has 0 radical (unpaired) electrons. The highest BCUT2D eigenvalue weighted by atomic mass is 32.2. The summed E-state index contributed by atoms with van der Waals surface area (Å²) in [5, 5.41) is -1.26. The van der Waals surface area contributed by atoms with Crippen molar-refractivity contribution in [3.05, 3.63) is 34.9 Å². The number of sulfone groups is 1. The van der Waals surface area contributed by atoms with Crippen molar-refractivity contribution in [1.82, 2.24) is 0 Å². The Morgan fingerprint density at radius 3 is 2.30 bits per heavy atom. The van der Waals surface area contributed by atoms with E-state index in [1.54, 1.807) is 12.1 Å². The molecule has 0 saturated heterocycles.